The Labute approximate surface area is 177 Å². The maximum Gasteiger partial charge on any atom is 0.264 e. The topological polar surface area (TPSA) is 75.7 Å². The Balaban J connectivity index is 1.58. The van der Waals surface area contributed by atoms with E-state index in [1.165, 1.54) is 16.3 Å². The van der Waals surface area contributed by atoms with E-state index in [1.807, 2.05) is 6.92 Å². The molecule has 7 heteroatoms. The lowest BCUT2D eigenvalue weighted by Crippen LogP contribution is -2.51. The predicted octanol–water partition coefficient (Wildman–Crippen LogP) is 3.57. The second-order valence-corrected chi connectivity index (χ2v) is 9.61. The van der Waals surface area contributed by atoms with Crippen LogP contribution in [0.1, 0.15) is 31.2 Å². The van der Waals surface area contributed by atoms with Crippen molar-refractivity contribution in [1.82, 2.24) is 5.32 Å². The summed E-state index contributed by atoms with van der Waals surface area (Å²) in [6.07, 6.45) is 5.62. The summed E-state index contributed by atoms with van der Waals surface area (Å²) in [6, 6.07) is 13.6. The molecule has 4 rings (SSSR count). The minimum absolute atomic E-state index is 0.0713. The number of aryl methyl sites for hydroxylation is 1. The van der Waals surface area contributed by atoms with Crippen LogP contribution in [0.2, 0.25) is 0 Å². The molecule has 30 heavy (non-hydrogen) atoms. The lowest BCUT2D eigenvalue weighted by atomic mass is 10.00. The Morgan fingerprint density at radius 1 is 1.13 bits per heavy atom. The van der Waals surface area contributed by atoms with Crippen LogP contribution >= 0.6 is 0 Å². The number of rotatable bonds is 5. The molecule has 0 saturated heterocycles. The summed E-state index contributed by atoms with van der Waals surface area (Å²) in [6.45, 7) is 2.31. The van der Waals surface area contributed by atoms with Crippen LogP contribution in [0, 0.1) is 6.92 Å². The van der Waals surface area contributed by atoms with Gasteiger partial charge in [-0.3, -0.25) is 9.10 Å². The number of allylic oxidation sites excluding steroid dienone is 1. The number of amides is 1. The molecule has 0 fully saturated rings. The van der Waals surface area contributed by atoms with Crippen LogP contribution in [-0.2, 0) is 14.8 Å². The minimum atomic E-state index is -3.83. The number of benzene rings is 2. The van der Waals surface area contributed by atoms with Crippen LogP contribution in [0.3, 0.4) is 0 Å². The molecule has 1 atom stereocenters. The van der Waals surface area contributed by atoms with Crippen molar-refractivity contribution in [3.63, 3.8) is 0 Å². The fourth-order valence-electron chi connectivity index (χ4n) is 3.78. The second-order valence-electron chi connectivity index (χ2n) is 7.75. The molecule has 2 aromatic rings. The summed E-state index contributed by atoms with van der Waals surface area (Å²) in [7, 11) is -3.83. The Morgan fingerprint density at radius 2 is 1.90 bits per heavy atom. The van der Waals surface area contributed by atoms with Gasteiger partial charge in [-0.2, -0.15) is 0 Å². The number of para-hydroxylation sites is 2. The van der Waals surface area contributed by atoms with Gasteiger partial charge in [-0.1, -0.05) is 41.5 Å². The molecular weight excluding hydrogens is 400 g/mol. The molecule has 6 nitrogen and oxygen atoms in total. The number of hydrogen-bond donors (Lipinski definition) is 1. The SMILES string of the molecule is Cc1ccc(S(=O)(=O)N2C[C@@H](C(=O)NCC3=CCCCC3)Oc3ccccc32)cc1. The van der Waals surface area contributed by atoms with Crippen LogP contribution in [0.15, 0.2) is 65.1 Å². The maximum absolute atomic E-state index is 13.4. The van der Waals surface area contributed by atoms with Crippen LogP contribution in [0.5, 0.6) is 5.75 Å². The summed E-state index contributed by atoms with van der Waals surface area (Å²) in [5.74, 6) is 0.0801. The molecule has 1 heterocycles. The van der Waals surface area contributed by atoms with Gasteiger partial charge in [-0.05, 0) is 56.9 Å². The van der Waals surface area contributed by atoms with Gasteiger partial charge >= 0.3 is 0 Å². The largest absolute Gasteiger partial charge is 0.476 e. The highest BCUT2D eigenvalue weighted by atomic mass is 32.2. The zero-order valence-electron chi connectivity index (χ0n) is 17.0. The van der Waals surface area contributed by atoms with Crippen molar-refractivity contribution in [1.29, 1.82) is 0 Å². The third-order valence-corrected chi connectivity index (χ3v) is 7.30. The van der Waals surface area contributed by atoms with E-state index >= 15 is 0 Å². The monoisotopic (exact) mass is 426 g/mol. The van der Waals surface area contributed by atoms with Crippen molar-refractivity contribution >= 4 is 21.6 Å². The lowest BCUT2D eigenvalue weighted by Gasteiger charge is -2.34. The zero-order valence-corrected chi connectivity index (χ0v) is 17.8. The maximum atomic E-state index is 13.4. The smallest absolute Gasteiger partial charge is 0.264 e. The molecule has 1 amide bonds. The standard InChI is InChI=1S/C23H26N2O4S/c1-17-11-13-19(14-12-17)30(27,28)25-16-22(29-21-10-6-5-9-20(21)25)23(26)24-15-18-7-3-2-4-8-18/h5-7,9-14,22H,2-4,8,15-16H2,1H3,(H,24,26)/t22-/m0/s1. The van der Waals surface area contributed by atoms with Gasteiger partial charge < -0.3 is 10.1 Å². The highest BCUT2D eigenvalue weighted by Crippen LogP contribution is 2.36. The molecular formula is C23H26N2O4S. The van der Waals surface area contributed by atoms with Crippen molar-refractivity contribution in [2.24, 2.45) is 0 Å². The predicted molar refractivity (Wildman–Crippen MR) is 116 cm³/mol. The molecule has 1 aliphatic carbocycles. The van der Waals surface area contributed by atoms with Crippen LogP contribution < -0.4 is 14.4 Å². The molecule has 0 bridgehead atoms. The summed E-state index contributed by atoms with van der Waals surface area (Å²) in [5, 5.41) is 2.92. The number of carbonyl (C=O) groups is 1. The lowest BCUT2D eigenvalue weighted by molar-refractivity contribution is -0.127. The quantitative estimate of drug-likeness (QED) is 0.742. The number of sulfonamides is 1. The molecule has 2 aliphatic rings. The molecule has 0 radical (unpaired) electrons. The Hall–Kier alpha value is -2.80. The first-order valence-corrected chi connectivity index (χ1v) is 11.7. The molecule has 1 aliphatic heterocycles. The van der Waals surface area contributed by atoms with Crippen molar-refractivity contribution < 1.29 is 17.9 Å². The van der Waals surface area contributed by atoms with Crippen molar-refractivity contribution in [2.75, 3.05) is 17.4 Å². The molecule has 0 aromatic heterocycles. The second kappa shape index (κ2) is 8.52. The van der Waals surface area contributed by atoms with Gasteiger partial charge in [-0.15, -0.1) is 0 Å². The third kappa shape index (κ3) is 4.21. The van der Waals surface area contributed by atoms with Gasteiger partial charge in [0.25, 0.3) is 15.9 Å². The molecule has 2 aromatic carbocycles. The van der Waals surface area contributed by atoms with E-state index in [0.29, 0.717) is 18.0 Å². The average molecular weight is 427 g/mol. The summed E-state index contributed by atoms with van der Waals surface area (Å²) in [4.78, 5) is 13.0. The zero-order chi connectivity index (χ0) is 21.1. The number of hydrogen-bond acceptors (Lipinski definition) is 4. The number of nitrogens with one attached hydrogen (secondary N) is 1. The van der Waals surface area contributed by atoms with E-state index in [9.17, 15) is 13.2 Å². The van der Waals surface area contributed by atoms with Crippen molar-refractivity contribution in [3.8, 4) is 5.75 Å². The number of ether oxygens (including phenoxy) is 1. The fraction of sp³-hybridized carbons (Fsp3) is 0.348. The van der Waals surface area contributed by atoms with Gasteiger partial charge in [0, 0.05) is 6.54 Å². The Kier molecular flexibility index (Phi) is 5.81. The first kappa shape index (κ1) is 20.5. The Morgan fingerprint density at radius 3 is 2.63 bits per heavy atom. The van der Waals surface area contributed by atoms with E-state index in [-0.39, 0.29) is 17.3 Å². The van der Waals surface area contributed by atoms with E-state index in [2.05, 4.69) is 11.4 Å². The fourth-order valence-corrected chi connectivity index (χ4v) is 5.26. The van der Waals surface area contributed by atoms with Gasteiger partial charge in [0.05, 0.1) is 17.1 Å². The first-order valence-electron chi connectivity index (χ1n) is 10.3. The number of carbonyl (C=O) groups excluding carboxylic acids is 1. The number of fused-ring (bicyclic) bond motifs is 1. The summed E-state index contributed by atoms with van der Waals surface area (Å²) in [5.41, 5.74) is 2.64. The van der Waals surface area contributed by atoms with Crippen LogP contribution in [0.4, 0.5) is 5.69 Å². The normalized spacial score (nSPS) is 18.8. The van der Waals surface area contributed by atoms with E-state index in [4.69, 9.17) is 4.74 Å². The minimum Gasteiger partial charge on any atom is -0.476 e. The average Bonchev–Trinajstić information content (AvgIpc) is 2.77. The van der Waals surface area contributed by atoms with Crippen LogP contribution in [0.25, 0.3) is 0 Å². The first-order chi connectivity index (χ1) is 14.4. The van der Waals surface area contributed by atoms with Crippen LogP contribution in [-0.4, -0.2) is 33.5 Å². The molecule has 158 valence electrons. The van der Waals surface area contributed by atoms with Gasteiger partial charge in [-0.25, -0.2) is 8.42 Å². The molecule has 1 N–H and O–H groups in total. The molecule has 0 spiro atoms. The van der Waals surface area contributed by atoms with Crippen molar-refractivity contribution in [2.45, 2.75) is 43.6 Å². The van der Waals surface area contributed by atoms with Crippen molar-refractivity contribution in [3.05, 3.63) is 65.7 Å². The van der Waals surface area contributed by atoms with Gasteiger partial charge in [0.2, 0.25) is 0 Å². The van der Waals surface area contributed by atoms with Gasteiger partial charge in [0.15, 0.2) is 6.10 Å². The highest BCUT2D eigenvalue weighted by molar-refractivity contribution is 7.92. The molecule has 0 unspecified atom stereocenters. The molecule has 0 saturated carbocycles. The third-order valence-electron chi connectivity index (χ3n) is 5.51. The van der Waals surface area contributed by atoms with E-state index in [0.717, 1.165) is 24.8 Å². The summed E-state index contributed by atoms with van der Waals surface area (Å²) >= 11 is 0. The van der Waals surface area contributed by atoms with E-state index in [1.54, 1.807) is 48.5 Å². The Bertz CT molecular complexity index is 1060. The summed E-state index contributed by atoms with van der Waals surface area (Å²) < 4.78 is 33.9. The highest BCUT2D eigenvalue weighted by Gasteiger charge is 2.37. The van der Waals surface area contributed by atoms with Gasteiger partial charge in [0.1, 0.15) is 5.75 Å². The number of anilines is 1. The van der Waals surface area contributed by atoms with E-state index < -0.39 is 16.1 Å². The number of nitrogens with zero attached hydrogens (tertiary/aromatic N) is 1.